The molecule has 4 rings (SSSR count). The van der Waals surface area contributed by atoms with Crippen molar-refractivity contribution in [1.29, 1.82) is 0 Å². The normalized spacial score (nSPS) is 10.8. The summed E-state index contributed by atoms with van der Waals surface area (Å²) in [5.41, 5.74) is 3.93. The SMILES string of the molecule is c1cc(-c2csnn2)ccc1OCCCCCCOc1ccc(-c2csnn2)cc1. The smallest absolute Gasteiger partial charge is 0.119 e. The molecule has 0 aliphatic heterocycles. The summed E-state index contributed by atoms with van der Waals surface area (Å²) in [5, 5.41) is 12.0. The Labute approximate surface area is 183 Å². The van der Waals surface area contributed by atoms with Gasteiger partial charge in [-0.1, -0.05) is 8.98 Å². The van der Waals surface area contributed by atoms with Crippen LogP contribution < -0.4 is 9.47 Å². The van der Waals surface area contributed by atoms with Crippen LogP contribution >= 0.6 is 23.1 Å². The van der Waals surface area contributed by atoms with Crippen molar-refractivity contribution in [3.8, 4) is 34.0 Å². The van der Waals surface area contributed by atoms with Crippen LogP contribution in [-0.4, -0.2) is 32.4 Å². The highest BCUT2D eigenvalue weighted by molar-refractivity contribution is 7.03. The van der Waals surface area contributed by atoms with Crippen LogP contribution in [0.15, 0.2) is 59.3 Å². The molecule has 2 aromatic heterocycles. The van der Waals surface area contributed by atoms with E-state index in [1.807, 2.05) is 59.3 Å². The average Bonchev–Trinajstić information content (AvgIpc) is 3.51. The van der Waals surface area contributed by atoms with E-state index < -0.39 is 0 Å². The van der Waals surface area contributed by atoms with Crippen molar-refractivity contribution < 1.29 is 9.47 Å². The van der Waals surface area contributed by atoms with Crippen molar-refractivity contribution in [2.24, 2.45) is 0 Å². The number of hydrogen-bond acceptors (Lipinski definition) is 8. The monoisotopic (exact) mass is 438 g/mol. The van der Waals surface area contributed by atoms with Crippen molar-refractivity contribution in [2.45, 2.75) is 25.7 Å². The summed E-state index contributed by atoms with van der Waals surface area (Å²) in [5.74, 6) is 1.78. The van der Waals surface area contributed by atoms with Crippen LogP contribution in [0, 0.1) is 0 Å². The zero-order chi connectivity index (χ0) is 20.4. The van der Waals surface area contributed by atoms with Crippen molar-refractivity contribution in [2.75, 3.05) is 13.2 Å². The molecule has 4 aromatic rings. The minimum atomic E-state index is 0.728. The topological polar surface area (TPSA) is 70.0 Å². The van der Waals surface area contributed by atoms with Gasteiger partial charge < -0.3 is 9.47 Å². The minimum Gasteiger partial charge on any atom is -0.494 e. The van der Waals surface area contributed by atoms with Gasteiger partial charge in [0.15, 0.2) is 0 Å². The van der Waals surface area contributed by atoms with Crippen LogP contribution in [0.4, 0.5) is 0 Å². The van der Waals surface area contributed by atoms with Gasteiger partial charge in [-0.05, 0) is 97.3 Å². The lowest BCUT2D eigenvalue weighted by molar-refractivity contribution is 0.287. The lowest BCUT2D eigenvalue weighted by Crippen LogP contribution is -2.00. The quantitative estimate of drug-likeness (QED) is 0.278. The van der Waals surface area contributed by atoms with Gasteiger partial charge in [0.05, 0.1) is 13.2 Å². The fourth-order valence-corrected chi connectivity index (χ4v) is 3.89. The van der Waals surface area contributed by atoms with E-state index in [1.165, 1.54) is 23.1 Å². The first kappa shape index (κ1) is 20.4. The van der Waals surface area contributed by atoms with Gasteiger partial charge in [0, 0.05) is 21.9 Å². The molecule has 0 saturated carbocycles. The number of benzene rings is 2. The molecule has 0 amide bonds. The minimum absolute atomic E-state index is 0.728. The maximum atomic E-state index is 5.82. The standard InChI is InChI=1S/C22H22N4O2S2/c1(3-13-27-19-9-5-17(6-10-19)21-15-29-25-23-21)2-4-14-28-20-11-7-18(8-12-20)22-16-30-26-24-22/h5-12,15-16H,1-4,13-14H2. The summed E-state index contributed by atoms with van der Waals surface area (Å²) in [6.07, 6.45) is 4.33. The molecular formula is C22H22N4O2S2. The van der Waals surface area contributed by atoms with Crippen LogP contribution in [0.1, 0.15) is 25.7 Å². The van der Waals surface area contributed by atoms with E-state index in [9.17, 15) is 0 Å². The molecule has 0 fully saturated rings. The second-order valence-corrected chi connectivity index (χ2v) is 7.96. The van der Waals surface area contributed by atoms with Crippen LogP contribution in [0.3, 0.4) is 0 Å². The van der Waals surface area contributed by atoms with Gasteiger partial charge in [-0.2, -0.15) is 0 Å². The van der Waals surface area contributed by atoms with Crippen molar-refractivity contribution in [3.05, 3.63) is 59.3 Å². The zero-order valence-corrected chi connectivity index (χ0v) is 18.1. The first-order valence-corrected chi connectivity index (χ1v) is 11.6. The predicted octanol–water partition coefficient (Wildman–Crippen LogP) is 5.74. The van der Waals surface area contributed by atoms with Crippen molar-refractivity contribution >= 4 is 23.1 Å². The number of ether oxygens (including phenoxy) is 2. The zero-order valence-electron chi connectivity index (χ0n) is 16.4. The Balaban J connectivity index is 1.07. The van der Waals surface area contributed by atoms with E-state index in [1.54, 1.807) is 0 Å². The maximum Gasteiger partial charge on any atom is 0.119 e. The molecule has 8 heteroatoms. The molecule has 6 nitrogen and oxygen atoms in total. The highest BCUT2D eigenvalue weighted by atomic mass is 32.1. The number of nitrogens with zero attached hydrogens (tertiary/aromatic N) is 4. The molecule has 0 bridgehead atoms. The molecule has 0 atom stereocenters. The van der Waals surface area contributed by atoms with Crippen LogP contribution in [0.5, 0.6) is 11.5 Å². The molecule has 0 radical (unpaired) electrons. The Morgan fingerprint density at radius 1 is 0.567 bits per heavy atom. The Bertz CT molecular complexity index is 905. The molecular weight excluding hydrogens is 416 g/mol. The van der Waals surface area contributed by atoms with E-state index >= 15 is 0 Å². The fourth-order valence-electron chi connectivity index (χ4n) is 2.96. The summed E-state index contributed by atoms with van der Waals surface area (Å²) in [6, 6.07) is 16.0. The summed E-state index contributed by atoms with van der Waals surface area (Å²) in [7, 11) is 0. The third-order valence-corrected chi connectivity index (χ3v) is 5.61. The lowest BCUT2D eigenvalue weighted by Gasteiger charge is -2.08. The third kappa shape index (κ3) is 5.84. The molecule has 0 spiro atoms. The van der Waals surface area contributed by atoms with E-state index in [0.29, 0.717) is 0 Å². The molecule has 30 heavy (non-hydrogen) atoms. The summed E-state index contributed by atoms with van der Waals surface area (Å²) < 4.78 is 19.4. The Hall–Kier alpha value is -2.84. The largest absolute Gasteiger partial charge is 0.494 e. The number of unbranched alkanes of at least 4 members (excludes halogenated alkanes) is 3. The van der Waals surface area contributed by atoms with Crippen molar-refractivity contribution in [3.63, 3.8) is 0 Å². The Morgan fingerprint density at radius 2 is 1.00 bits per heavy atom. The van der Waals surface area contributed by atoms with E-state index in [2.05, 4.69) is 19.2 Å². The summed E-state index contributed by atoms with van der Waals surface area (Å²) in [4.78, 5) is 0. The fraction of sp³-hybridized carbons (Fsp3) is 0.273. The van der Waals surface area contributed by atoms with Gasteiger partial charge in [-0.15, -0.1) is 10.2 Å². The second-order valence-electron chi connectivity index (χ2n) is 6.74. The lowest BCUT2D eigenvalue weighted by atomic mass is 10.2. The average molecular weight is 439 g/mol. The van der Waals surface area contributed by atoms with Crippen molar-refractivity contribution in [1.82, 2.24) is 19.2 Å². The molecule has 0 aliphatic rings. The van der Waals surface area contributed by atoms with Crippen LogP contribution in [-0.2, 0) is 0 Å². The maximum absolute atomic E-state index is 5.82. The van der Waals surface area contributed by atoms with Gasteiger partial charge in [0.2, 0.25) is 0 Å². The molecule has 2 aromatic carbocycles. The van der Waals surface area contributed by atoms with Gasteiger partial charge in [-0.25, -0.2) is 0 Å². The predicted molar refractivity (Wildman–Crippen MR) is 120 cm³/mol. The highest BCUT2D eigenvalue weighted by Crippen LogP contribution is 2.22. The molecule has 2 heterocycles. The molecule has 0 unspecified atom stereocenters. The second kappa shape index (κ2) is 10.8. The van der Waals surface area contributed by atoms with Gasteiger partial charge in [0.1, 0.15) is 22.9 Å². The third-order valence-electron chi connectivity index (χ3n) is 4.60. The highest BCUT2D eigenvalue weighted by Gasteiger charge is 2.03. The van der Waals surface area contributed by atoms with E-state index in [0.717, 1.165) is 72.9 Å². The van der Waals surface area contributed by atoms with E-state index in [4.69, 9.17) is 9.47 Å². The van der Waals surface area contributed by atoms with Gasteiger partial charge in [0.25, 0.3) is 0 Å². The molecule has 154 valence electrons. The molecule has 0 aliphatic carbocycles. The molecule has 0 saturated heterocycles. The summed E-state index contributed by atoms with van der Waals surface area (Å²) >= 11 is 2.71. The number of aromatic nitrogens is 4. The Morgan fingerprint density at radius 3 is 1.37 bits per heavy atom. The van der Waals surface area contributed by atoms with Gasteiger partial charge in [-0.3, -0.25) is 0 Å². The molecule has 0 N–H and O–H groups in total. The number of hydrogen-bond donors (Lipinski definition) is 0. The number of rotatable bonds is 11. The van der Waals surface area contributed by atoms with E-state index in [-0.39, 0.29) is 0 Å². The Kier molecular flexibility index (Phi) is 7.36. The van der Waals surface area contributed by atoms with Crippen LogP contribution in [0.2, 0.25) is 0 Å². The first-order valence-electron chi connectivity index (χ1n) is 9.89. The van der Waals surface area contributed by atoms with Gasteiger partial charge >= 0.3 is 0 Å². The van der Waals surface area contributed by atoms with Crippen LogP contribution in [0.25, 0.3) is 22.5 Å². The first-order chi connectivity index (χ1) is 14.9. The summed E-state index contributed by atoms with van der Waals surface area (Å²) in [6.45, 7) is 1.46.